The first-order chi connectivity index (χ1) is 6.43. The van der Waals surface area contributed by atoms with E-state index in [0.29, 0.717) is 6.61 Å². The maximum absolute atomic E-state index is 5.12. The van der Waals surface area contributed by atoms with Gasteiger partial charge in [0.05, 0.1) is 0 Å². The minimum absolute atomic E-state index is 0.132. The minimum atomic E-state index is -0.132. The van der Waals surface area contributed by atoms with Crippen LogP contribution in [0.4, 0.5) is 0 Å². The zero-order valence-electron chi connectivity index (χ0n) is 7.59. The predicted octanol–water partition coefficient (Wildman–Crippen LogP) is -1.06. The molecular weight excluding hydrogens is 275 g/mol. The van der Waals surface area contributed by atoms with Crippen LogP contribution in [-0.2, 0) is 4.74 Å². The van der Waals surface area contributed by atoms with Gasteiger partial charge in [-0.25, -0.2) is 0 Å². The van der Waals surface area contributed by atoms with Gasteiger partial charge in [-0.15, -0.1) is 0 Å². The largest absolute Gasteiger partial charge is 0.419 e. The lowest BCUT2D eigenvalue weighted by Gasteiger charge is -1.86. The normalized spacial score (nSPS) is 9.00. The number of halogens is 1. The minimum Gasteiger partial charge on any atom is -0.369 e. The Bertz CT molecular complexity index is 284. The van der Waals surface area contributed by atoms with Gasteiger partial charge in [-0.2, -0.15) is 0 Å². The van der Waals surface area contributed by atoms with Crippen LogP contribution in [0, 0.1) is 13.4 Å². The molecule has 2 heteroatoms. The van der Waals surface area contributed by atoms with Gasteiger partial charge in [0.15, 0.2) is 3.93 Å². The summed E-state index contributed by atoms with van der Waals surface area (Å²) in [6.45, 7) is 3.30. The van der Waals surface area contributed by atoms with Crippen LogP contribution in [0.1, 0.15) is 6.92 Å². The second kappa shape index (κ2) is 6.93. The molecule has 0 atom stereocenters. The number of rotatable bonds is 3. The SMILES string of the molecule is CCOCC#C[I+]c1ccccc1. The van der Waals surface area contributed by atoms with Crippen LogP contribution >= 0.6 is 0 Å². The molecule has 1 nitrogen and oxygen atoms in total. The fourth-order valence-corrected chi connectivity index (χ4v) is 2.18. The molecule has 1 rings (SSSR count). The Morgan fingerprint density at radius 2 is 2.08 bits per heavy atom. The van der Waals surface area contributed by atoms with Gasteiger partial charge in [0.1, 0.15) is 6.61 Å². The number of hydrogen-bond donors (Lipinski definition) is 0. The average molecular weight is 287 g/mol. The second-order valence-corrected chi connectivity index (χ2v) is 4.62. The molecule has 0 saturated carbocycles. The van der Waals surface area contributed by atoms with E-state index in [9.17, 15) is 0 Å². The van der Waals surface area contributed by atoms with Gasteiger partial charge in [0.2, 0.25) is 3.57 Å². The van der Waals surface area contributed by atoms with Crippen molar-refractivity contribution in [2.45, 2.75) is 6.92 Å². The summed E-state index contributed by atoms with van der Waals surface area (Å²) in [4.78, 5) is 0. The van der Waals surface area contributed by atoms with Crippen molar-refractivity contribution in [2.24, 2.45) is 0 Å². The van der Waals surface area contributed by atoms with Crippen molar-refractivity contribution >= 4 is 0 Å². The summed E-state index contributed by atoms with van der Waals surface area (Å²) < 4.78 is 9.65. The highest BCUT2D eigenvalue weighted by Gasteiger charge is 2.05. The topological polar surface area (TPSA) is 9.23 Å². The Morgan fingerprint density at radius 3 is 2.77 bits per heavy atom. The standard InChI is InChI=1S/C11H12IO/c1-2-13-10-6-9-12-11-7-4-3-5-8-11/h3-5,7-8H,2,10H2,1H3/q+1. The third-order valence-electron chi connectivity index (χ3n) is 1.33. The first-order valence-electron chi connectivity index (χ1n) is 4.18. The van der Waals surface area contributed by atoms with Gasteiger partial charge < -0.3 is 4.74 Å². The molecule has 0 spiro atoms. The molecule has 0 aromatic heterocycles. The molecular formula is C11H12IO+. The molecule has 0 unspecified atom stereocenters. The molecule has 0 aliphatic rings. The fourth-order valence-electron chi connectivity index (χ4n) is 0.746. The van der Waals surface area contributed by atoms with Gasteiger partial charge >= 0.3 is 21.2 Å². The highest BCUT2D eigenvalue weighted by Crippen LogP contribution is 1.81. The molecule has 0 bridgehead atoms. The summed E-state index contributed by atoms with van der Waals surface area (Å²) in [5.41, 5.74) is 0. The fraction of sp³-hybridized carbons (Fsp3) is 0.273. The van der Waals surface area contributed by atoms with E-state index in [4.69, 9.17) is 4.74 Å². The van der Waals surface area contributed by atoms with E-state index < -0.39 is 0 Å². The molecule has 68 valence electrons. The van der Waals surface area contributed by atoms with Crippen molar-refractivity contribution in [2.75, 3.05) is 13.2 Å². The van der Waals surface area contributed by atoms with Crippen LogP contribution in [0.3, 0.4) is 0 Å². The Hall–Kier alpha value is -0.530. The monoisotopic (exact) mass is 287 g/mol. The highest BCUT2D eigenvalue weighted by atomic mass is 127. The van der Waals surface area contributed by atoms with Crippen LogP contribution in [0.15, 0.2) is 30.3 Å². The predicted molar refractivity (Wildman–Crippen MR) is 49.4 cm³/mol. The van der Waals surface area contributed by atoms with E-state index in [0.717, 1.165) is 6.61 Å². The highest BCUT2D eigenvalue weighted by molar-refractivity contribution is 5.00. The Kier molecular flexibility index (Phi) is 5.62. The number of hydrogen-bond acceptors (Lipinski definition) is 1. The van der Waals surface area contributed by atoms with E-state index in [1.165, 1.54) is 3.57 Å². The van der Waals surface area contributed by atoms with Gasteiger partial charge in [-0.05, 0) is 25.0 Å². The molecule has 0 N–H and O–H groups in total. The lowest BCUT2D eigenvalue weighted by atomic mass is 10.4. The van der Waals surface area contributed by atoms with Crippen molar-refractivity contribution in [3.63, 3.8) is 0 Å². The van der Waals surface area contributed by atoms with Crippen molar-refractivity contribution in [3.8, 4) is 9.85 Å². The van der Waals surface area contributed by atoms with Gasteiger partial charge in [-0.1, -0.05) is 18.2 Å². The molecule has 0 heterocycles. The first-order valence-corrected chi connectivity index (χ1v) is 6.33. The lowest BCUT2D eigenvalue weighted by Crippen LogP contribution is -3.59. The van der Waals surface area contributed by atoms with Crippen molar-refractivity contribution in [1.82, 2.24) is 0 Å². The summed E-state index contributed by atoms with van der Waals surface area (Å²) in [7, 11) is 0. The van der Waals surface area contributed by atoms with E-state index in [1.54, 1.807) is 0 Å². The molecule has 0 radical (unpaired) electrons. The summed E-state index contributed by atoms with van der Waals surface area (Å²) in [5.74, 6) is 3.01. The molecule has 1 aromatic rings. The number of benzene rings is 1. The second-order valence-electron chi connectivity index (χ2n) is 2.30. The van der Waals surface area contributed by atoms with E-state index in [1.807, 2.05) is 13.0 Å². The summed E-state index contributed by atoms with van der Waals surface area (Å²) >= 11 is -0.132. The average Bonchev–Trinajstić information content (AvgIpc) is 2.19. The Morgan fingerprint density at radius 1 is 1.31 bits per heavy atom. The van der Waals surface area contributed by atoms with Gasteiger partial charge in [0, 0.05) is 6.61 Å². The molecule has 0 amide bonds. The third kappa shape index (κ3) is 4.91. The van der Waals surface area contributed by atoms with Gasteiger partial charge in [0.25, 0.3) is 0 Å². The first kappa shape index (κ1) is 10.6. The molecule has 1 aromatic carbocycles. The van der Waals surface area contributed by atoms with E-state index in [2.05, 4.69) is 34.1 Å². The van der Waals surface area contributed by atoms with Crippen molar-refractivity contribution in [1.29, 1.82) is 0 Å². The molecule has 0 aliphatic carbocycles. The van der Waals surface area contributed by atoms with Crippen LogP contribution in [0.5, 0.6) is 0 Å². The quantitative estimate of drug-likeness (QED) is 0.391. The molecule has 13 heavy (non-hydrogen) atoms. The lowest BCUT2D eigenvalue weighted by molar-refractivity contribution is -0.535. The Balaban J connectivity index is 2.29. The van der Waals surface area contributed by atoms with Crippen molar-refractivity contribution in [3.05, 3.63) is 33.9 Å². The summed E-state index contributed by atoms with van der Waals surface area (Å²) in [6, 6.07) is 10.4. The molecule has 0 fully saturated rings. The van der Waals surface area contributed by atoms with E-state index in [-0.39, 0.29) is 21.2 Å². The Labute approximate surface area is 89.8 Å². The van der Waals surface area contributed by atoms with Crippen LogP contribution in [0.2, 0.25) is 0 Å². The van der Waals surface area contributed by atoms with Crippen LogP contribution < -0.4 is 21.2 Å². The number of ether oxygens (including phenoxy) is 1. The maximum Gasteiger partial charge on any atom is 0.419 e. The molecule has 0 aliphatic heterocycles. The van der Waals surface area contributed by atoms with E-state index >= 15 is 0 Å². The van der Waals surface area contributed by atoms with Crippen LogP contribution in [-0.4, -0.2) is 13.2 Å². The summed E-state index contributed by atoms with van der Waals surface area (Å²) in [5, 5.41) is 0. The maximum atomic E-state index is 5.12. The zero-order valence-corrected chi connectivity index (χ0v) is 9.74. The zero-order chi connectivity index (χ0) is 9.36. The van der Waals surface area contributed by atoms with Crippen LogP contribution in [0.25, 0.3) is 0 Å². The summed E-state index contributed by atoms with van der Waals surface area (Å²) in [6.07, 6.45) is 0. The van der Waals surface area contributed by atoms with Crippen molar-refractivity contribution < 1.29 is 25.9 Å². The van der Waals surface area contributed by atoms with Gasteiger partial charge in [-0.3, -0.25) is 0 Å². The third-order valence-corrected chi connectivity index (χ3v) is 3.33. The molecule has 0 saturated heterocycles. The smallest absolute Gasteiger partial charge is 0.369 e.